The molecule has 0 aliphatic carbocycles. The predicted molar refractivity (Wildman–Crippen MR) is 18.6 cm³/mol. The third-order valence-corrected chi connectivity index (χ3v) is 0. The molecule has 0 aromatic heterocycles. The topological polar surface area (TPSA) is 34.1 Å². The zero-order valence-electron chi connectivity index (χ0n) is 1.64. The van der Waals surface area contributed by atoms with E-state index in [1.54, 1.807) is 0 Å². The van der Waals surface area contributed by atoms with Crippen molar-refractivity contribution in [2.75, 3.05) is 0 Å². The molecular weight excluding hydrogens is 90.0 g/mol. The van der Waals surface area contributed by atoms with Gasteiger partial charge >= 0.3 is 18.9 Å². The molecule has 0 aromatic carbocycles. The minimum absolute atomic E-state index is 0. The van der Waals surface area contributed by atoms with Crippen molar-refractivity contribution in [2.24, 2.45) is 0 Å². The normalized spacial score (nSPS) is 6.80. The van der Waals surface area contributed by atoms with E-state index in [0.717, 1.165) is 0 Å². The molecular formula is H2FLiO2S. The van der Waals surface area contributed by atoms with Crippen molar-refractivity contribution >= 4 is 30.0 Å². The minimum atomic E-state index is -3.62. The quantitative estimate of drug-likeness (QED) is 0.232. The van der Waals surface area contributed by atoms with Gasteiger partial charge in [-0.2, -0.15) is 8.42 Å². The molecule has 5 heavy (non-hydrogen) atoms. The summed E-state index contributed by atoms with van der Waals surface area (Å²) < 4.78 is 26.7. The van der Waals surface area contributed by atoms with Gasteiger partial charge in [-0.05, 0) is 0 Å². The third kappa shape index (κ3) is 121. The predicted octanol–water partition coefficient (Wildman–Crippen LogP) is -1.17. The van der Waals surface area contributed by atoms with Crippen LogP contribution in [0.3, 0.4) is 0 Å². The molecule has 0 amide bonds. The van der Waals surface area contributed by atoms with E-state index in [0.29, 0.717) is 0 Å². The Hall–Kier alpha value is 0.477. The number of hydrogen-bond donors (Lipinski definition) is 1. The van der Waals surface area contributed by atoms with Gasteiger partial charge in [-0.3, -0.25) is 0 Å². The SMILES string of the molecule is O=[SH](=O)F.[LiH]. The molecule has 0 aliphatic rings. The summed E-state index contributed by atoms with van der Waals surface area (Å²) >= 11 is -3.62. The van der Waals surface area contributed by atoms with E-state index in [1.165, 1.54) is 0 Å². The molecule has 0 N–H and O–H groups in total. The standard InChI is InChI=1S/FHO2S.Li.H/c1-4(2)3;;/h4H;;. The second-order valence-corrected chi connectivity index (χ2v) is 0.638. The Balaban J connectivity index is 0. The van der Waals surface area contributed by atoms with Crippen LogP contribution >= 0.6 is 0 Å². The molecule has 0 saturated carbocycles. The summed E-state index contributed by atoms with van der Waals surface area (Å²) in [7, 11) is 0. The number of thiol groups is 1. The van der Waals surface area contributed by atoms with Gasteiger partial charge in [0.05, 0.1) is 0 Å². The van der Waals surface area contributed by atoms with E-state index in [-0.39, 0.29) is 18.9 Å². The molecule has 0 fully saturated rings. The van der Waals surface area contributed by atoms with Crippen LogP contribution in [0.25, 0.3) is 0 Å². The molecule has 28 valence electrons. The molecule has 0 rings (SSSR count). The van der Waals surface area contributed by atoms with Crippen molar-refractivity contribution in [3.8, 4) is 0 Å². The molecule has 0 atom stereocenters. The monoisotopic (exact) mass is 92.0 g/mol. The van der Waals surface area contributed by atoms with Gasteiger partial charge in [0.2, 0.25) is 0 Å². The second kappa shape index (κ2) is 4.48. The van der Waals surface area contributed by atoms with Gasteiger partial charge in [-0.25, -0.2) is 0 Å². The second-order valence-electron chi connectivity index (χ2n) is 0.213. The molecule has 2 nitrogen and oxygen atoms in total. The van der Waals surface area contributed by atoms with Crippen LogP contribution in [0.15, 0.2) is 0 Å². The summed E-state index contributed by atoms with van der Waals surface area (Å²) in [6.07, 6.45) is 0. The molecule has 0 saturated heterocycles. The van der Waals surface area contributed by atoms with Gasteiger partial charge in [0.15, 0.2) is 0 Å². The molecule has 0 unspecified atom stereocenters. The van der Waals surface area contributed by atoms with Crippen molar-refractivity contribution in [3.05, 3.63) is 0 Å². The summed E-state index contributed by atoms with van der Waals surface area (Å²) in [6, 6.07) is 0. The molecule has 0 heterocycles. The van der Waals surface area contributed by atoms with Crippen LogP contribution in [0.5, 0.6) is 0 Å². The first-order chi connectivity index (χ1) is 1.73. The zero-order chi connectivity index (χ0) is 3.58. The van der Waals surface area contributed by atoms with Crippen LogP contribution in [-0.4, -0.2) is 27.3 Å². The Morgan fingerprint density at radius 1 is 1.40 bits per heavy atom. The molecule has 0 radical (unpaired) electrons. The van der Waals surface area contributed by atoms with E-state index in [2.05, 4.69) is 0 Å². The molecule has 0 aliphatic heterocycles. The maximum atomic E-state index is 9.95. The fourth-order valence-electron chi connectivity index (χ4n) is 0. The van der Waals surface area contributed by atoms with Crippen LogP contribution in [0.2, 0.25) is 0 Å². The third-order valence-electron chi connectivity index (χ3n) is 0. The molecule has 0 spiro atoms. The van der Waals surface area contributed by atoms with Crippen LogP contribution in [0.1, 0.15) is 0 Å². The van der Waals surface area contributed by atoms with Crippen LogP contribution in [-0.2, 0) is 11.1 Å². The van der Waals surface area contributed by atoms with E-state index in [1.807, 2.05) is 0 Å². The first kappa shape index (κ1) is 9.08. The van der Waals surface area contributed by atoms with Crippen molar-refractivity contribution in [3.63, 3.8) is 0 Å². The van der Waals surface area contributed by atoms with Crippen molar-refractivity contribution < 1.29 is 12.3 Å². The van der Waals surface area contributed by atoms with Gasteiger partial charge in [-0.1, -0.05) is 0 Å². The van der Waals surface area contributed by atoms with Gasteiger partial charge in [0.1, 0.15) is 0 Å². The average Bonchev–Trinajstić information content (AvgIpc) is 0.811. The van der Waals surface area contributed by atoms with Gasteiger partial charge in [0.25, 0.3) is 11.1 Å². The zero-order valence-corrected chi connectivity index (χ0v) is 2.54. The van der Waals surface area contributed by atoms with Crippen LogP contribution in [0.4, 0.5) is 3.89 Å². The van der Waals surface area contributed by atoms with Crippen molar-refractivity contribution in [1.82, 2.24) is 0 Å². The number of rotatable bonds is 0. The molecule has 5 heteroatoms. The van der Waals surface area contributed by atoms with E-state index in [9.17, 15) is 3.89 Å². The number of hydrogen-bond acceptors (Lipinski definition) is 2. The van der Waals surface area contributed by atoms with Crippen molar-refractivity contribution in [2.45, 2.75) is 0 Å². The van der Waals surface area contributed by atoms with Crippen LogP contribution in [0, 0.1) is 0 Å². The summed E-state index contributed by atoms with van der Waals surface area (Å²) in [5.74, 6) is 0. The summed E-state index contributed by atoms with van der Waals surface area (Å²) in [5.41, 5.74) is 0. The Morgan fingerprint density at radius 3 is 1.40 bits per heavy atom. The van der Waals surface area contributed by atoms with Crippen LogP contribution < -0.4 is 0 Å². The summed E-state index contributed by atoms with van der Waals surface area (Å²) in [5, 5.41) is 0. The first-order valence-electron chi connectivity index (χ1n) is 0.534. The average molecular weight is 92.0 g/mol. The Kier molecular flexibility index (Phi) is 8.13. The molecule has 0 bridgehead atoms. The van der Waals surface area contributed by atoms with Gasteiger partial charge in [0, 0.05) is 0 Å². The van der Waals surface area contributed by atoms with E-state index in [4.69, 9.17) is 8.42 Å². The maximum absolute atomic E-state index is 9.95. The van der Waals surface area contributed by atoms with E-state index < -0.39 is 11.1 Å². The van der Waals surface area contributed by atoms with Gasteiger partial charge < -0.3 is 0 Å². The Bertz CT molecular complexity index is 58.0. The fourth-order valence-corrected chi connectivity index (χ4v) is 0. The number of halogens is 1. The Labute approximate surface area is 42.8 Å². The Morgan fingerprint density at radius 2 is 1.40 bits per heavy atom. The summed E-state index contributed by atoms with van der Waals surface area (Å²) in [4.78, 5) is 0. The van der Waals surface area contributed by atoms with E-state index >= 15 is 0 Å². The first-order valence-corrected chi connectivity index (χ1v) is 1.60. The van der Waals surface area contributed by atoms with Gasteiger partial charge in [-0.15, -0.1) is 3.89 Å². The summed E-state index contributed by atoms with van der Waals surface area (Å²) in [6.45, 7) is 0. The fraction of sp³-hybridized carbons (Fsp3) is 0. The molecule has 0 aromatic rings. The van der Waals surface area contributed by atoms with Crippen molar-refractivity contribution in [1.29, 1.82) is 0 Å².